The number of piperidine rings is 1. The number of nitrogens with zero attached hydrogens (tertiary/aromatic N) is 4. The van der Waals surface area contributed by atoms with Gasteiger partial charge < -0.3 is 25.6 Å². The predicted molar refractivity (Wildman–Crippen MR) is 211 cm³/mol. The molecule has 0 bridgehead atoms. The van der Waals surface area contributed by atoms with Crippen molar-refractivity contribution in [3.05, 3.63) is 94.9 Å². The van der Waals surface area contributed by atoms with Crippen LogP contribution in [-0.2, 0) is 17.5 Å². The molecule has 302 valence electrons. The van der Waals surface area contributed by atoms with Crippen LogP contribution in [0.5, 0.6) is 5.75 Å². The van der Waals surface area contributed by atoms with Gasteiger partial charge in [-0.05, 0) is 76.6 Å². The van der Waals surface area contributed by atoms with Crippen LogP contribution < -0.4 is 35.8 Å². The fourth-order valence-electron chi connectivity index (χ4n) is 7.12. The minimum Gasteiger partial charge on any atom is -0.489 e. The summed E-state index contributed by atoms with van der Waals surface area (Å²) in [4.78, 5) is 46.0. The summed E-state index contributed by atoms with van der Waals surface area (Å²) < 4.78 is 63.9. The molecule has 2 fully saturated rings. The molecular weight excluding hydrogens is 744 g/mol. The molecule has 2 aliphatic heterocycles. The molecule has 0 saturated carbocycles. The Morgan fingerprint density at radius 2 is 1.74 bits per heavy atom. The first kappa shape index (κ1) is 40.8. The first-order valence-corrected chi connectivity index (χ1v) is 18.7. The third-order valence-corrected chi connectivity index (χ3v) is 10.1. The highest BCUT2D eigenvalue weighted by Crippen LogP contribution is 2.40. The Labute approximate surface area is 328 Å². The molecule has 0 unspecified atom stereocenters. The van der Waals surface area contributed by atoms with E-state index in [0.717, 1.165) is 43.4 Å². The van der Waals surface area contributed by atoms with E-state index in [1.165, 1.54) is 36.2 Å². The molecule has 4 N–H and O–H groups in total. The van der Waals surface area contributed by atoms with Gasteiger partial charge >= 0.3 is 12.2 Å². The summed E-state index contributed by atoms with van der Waals surface area (Å²) in [5.74, 6) is -0.596. The Morgan fingerprint density at radius 1 is 1.00 bits per heavy atom. The van der Waals surface area contributed by atoms with Crippen molar-refractivity contribution in [1.82, 2.24) is 20.5 Å². The van der Waals surface area contributed by atoms with E-state index >= 15 is 4.39 Å². The molecule has 6 rings (SSSR count). The third kappa shape index (κ3) is 9.56. The number of rotatable bonds is 12. The zero-order valence-corrected chi connectivity index (χ0v) is 32.4. The third-order valence-electron chi connectivity index (χ3n) is 10.1. The van der Waals surface area contributed by atoms with Crippen molar-refractivity contribution in [2.45, 2.75) is 64.9 Å². The Bertz CT molecular complexity index is 2140. The Balaban J connectivity index is 1.16. The monoisotopic (exact) mass is 790 g/mol. The summed E-state index contributed by atoms with van der Waals surface area (Å²) in [5, 5.41) is 10.7. The van der Waals surface area contributed by atoms with Crippen LogP contribution in [0.2, 0.25) is 0 Å². The van der Waals surface area contributed by atoms with Gasteiger partial charge in [0.1, 0.15) is 17.4 Å². The van der Waals surface area contributed by atoms with Gasteiger partial charge in [0.05, 0.1) is 34.3 Å². The average molecular weight is 791 g/mol. The van der Waals surface area contributed by atoms with Crippen LogP contribution in [0.1, 0.15) is 60.2 Å². The molecule has 4 amide bonds. The summed E-state index contributed by atoms with van der Waals surface area (Å²) >= 11 is 0. The van der Waals surface area contributed by atoms with Gasteiger partial charge in [0, 0.05) is 81.0 Å². The van der Waals surface area contributed by atoms with Crippen LogP contribution in [0, 0.1) is 12.7 Å². The number of aryl methyl sites for hydroxylation is 1. The molecule has 2 saturated heterocycles. The lowest BCUT2D eigenvalue weighted by atomic mass is 10.0. The van der Waals surface area contributed by atoms with Crippen molar-refractivity contribution in [2.24, 2.45) is 0 Å². The molecule has 4 aromatic rings. The predicted octanol–water partition coefficient (Wildman–Crippen LogP) is 7.73. The number of pyridine rings is 1. The highest BCUT2D eigenvalue weighted by Gasteiger charge is 2.35. The highest BCUT2D eigenvalue weighted by molar-refractivity contribution is 6.05. The average Bonchev–Trinajstić information content (AvgIpc) is 3.16. The molecule has 1 aromatic heterocycles. The number of carbonyl (C=O) groups excluding carboxylic acids is 3. The number of anilines is 6. The first-order chi connectivity index (χ1) is 27.1. The van der Waals surface area contributed by atoms with Gasteiger partial charge in [-0.25, -0.2) is 14.2 Å². The van der Waals surface area contributed by atoms with Crippen LogP contribution in [0.4, 0.5) is 56.6 Å². The molecule has 3 aromatic carbocycles. The number of alkyl halides is 3. The zero-order chi connectivity index (χ0) is 41.0. The van der Waals surface area contributed by atoms with E-state index in [9.17, 15) is 27.6 Å². The van der Waals surface area contributed by atoms with Gasteiger partial charge in [0.2, 0.25) is 5.91 Å². The molecule has 0 spiro atoms. The van der Waals surface area contributed by atoms with Crippen molar-refractivity contribution in [1.29, 1.82) is 0 Å². The molecule has 16 heteroatoms. The second-order valence-electron chi connectivity index (χ2n) is 14.5. The number of amides is 4. The Morgan fingerprint density at radius 3 is 2.40 bits per heavy atom. The second-order valence-corrected chi connectivity index (χ2v) is 14.5. The molecule has 0 radical (unpaired) electrons. The largest absolute Gasteiger partial charge is 0.489 e. The number of imide groups is 1. The van der Waals surface area contributed by atoms with Gasteiger partial charge in [-0.1, -0.05) is 18.2 Å². The molecule has 3 heterocycles. The molecule has 57 heavy (non-hydrogen) atoms. The van der Waals surface area contributed by atoms with Gasteiger partial charge in [-0.2, -0.15) is 13.2 Å². The summed E-state index contributed by atoms with van der Waals surface area (Å²) in [6.07, 6.45) is -2.40. The zero-order valence-electron chi connectivity index (χ0n) is 32.4. The van der Waals surface area contributed by atoms with Crippen LogP contribution >= 0.6 is 0 Å². The topological polar surface area (TPSA) is 131 Å². The fraction of sp³-hybridized carbons (Fsp3) is 0.366. The number of hydrogen-bond donors (Lipinski definition) is 4. The van der Waals surface area contributed by atoms with Crippen molar-refractivity contribution < 1.29 is 36.7 Å². The van der Waals surface area contributed by atoms with Crippen LogP contribution in [0.3, 0.4) is 0 Å². The number of hydrogen-bond acceptors (Lipinski definition) is 9. The fourth-order valence-corrected chi connectivity index (χ4v) is 7.12. The first-order valence-electron chi connectivity index (χ1n) is 18.7. The minimum absolute atomic E-state index is 0.132. The summed E-state index contributed by atoms with van der Waals surface area (Å²) in [6, 6.07) is 15.7. The van der Waals surface area contributed by atoms with E-state index in [2.05, 4.69) is 36.1 Å². The SMILES string of the molecule is CNC(=O)c1ccccc1Nc1cc(Nc2cc(C)c(N3CCC(N(C)Cc4ccc(N5CCC(=O)NC5=O)cc4F)CC3)cc2OC(C)C)ncc1C(F)(F)F. The number of halogens is 4. The normalized spacial score (nSPS) is 15.2. The van der Waals surface area contributed by atoms with Crippen molar-refractivity contribution in [3.8, 4) is 5.75 Å². The highest BCUT2D eigenvalue weighted by atomic mass is 19.4. The molecular formula is C41H46F4N8O4. The number of benzene rings is 3. The number of ether oxygens (including phenoxy) is 1. The van der Waals surface area contributed by atoms with Crippen LogP contribution in [-0.4, -0.2) is 73.6 Å². The molecule has 0 atom stereocenters. The summed E-state index contributed by atoms with van der Waals surface area (Å²) in [7, 11) is 3.41. The van der Waals surface area contributed by atoms with Crippen molar-refractivity contribution >= 4 is 52.1 Å². The maximum absolute atomic E-state index is 15.2. The molecule has 2 aliphatic rings. The standard InChI is InChI=1S/C41H46F4N8O4/c1-24(2)57-36-21-35(52-15-12-27(13-16-52)51(5)23-26-10-11-28(19-31(26)42)53-17-14-38(54)50-40(53)56)25(3)18-34(36)49-37-20-33(30(22-47-37)41(43,44)45)48-32-9-7-6-8-29(32)39(55)46-4/h6-11,18-22,24,27H,12-17,23H2,1-5H3,(H,46,55)(H2,47,48,49)(H,50,54,56). The quantitative estimate of drug-likeness (QED) is 0.107. The maximum atomic E-state index is 15.2. The van der Waals surface area contributed by atoms with Crippen molar-refractivity contribution in [2.75, 3.05) is 54.2 Å². The van der Waals surface area contributed by atoms with E-state index in [4.69, 9.17) is 4.74 Å². The van der Waals surface area contributed by atoms with Crippen molar-refractivity contribution in [3.63, 3.8) is 0 Å². The van der Waals surface area contributed by atoms with E-state index in [-0.39, 0.29) is 53.8 Å². The molecule has 0 aliphatic carbocycles. The lowest BCUT2D eigenvalue weighted by molar-refractivity contribution is -0.137. The van der Waals surface area contributed by atoms with Gasteiger partial charge in [-0.3, -0.25) is 24.7 Å². The molecule has 12 nitrogen and oxygen atoms in total. The van der Waals surface area contributed by atoms with Gasteiger partial charge in [-0.15, -0.1) is 0 Å². The Hall–Kier alpha value is -5.90. The van der Waals surface area contributed by atoms with Gasteiger partial charge in [0.15, 0.2) is 0 Å². The van der Waals surface area contributed by atoms with E-state index in [1.54, 1.807) is 24.3 Å². The van der Waals surface area contributed by atoms with E-state index in [1.807, 2.05) is 40.0 Å². The number of nitrogens with one attached hydrogen (secondary N) is 4. The van der Waals surface area contributed by atoms with Crippen LogP contribution in [0.15, 0.2) is 66.9 Å². The minimum atomic E-state index is -4.72. The summed E-state index contributed by atoms with van der Waals surface area (Å²) in [5.41, 5.74) is 2.39. The maximum Gasteiger partial charge on any atom is 0.419 e. The lowest BCUT2D eigenvalue weighted by Gasteiger charge is -2.39. The van der Waals surface area contributed by atoms with E-state index in [0.29, 0.717) is 29.2 Å². The van der Waals surface area contributed by atoms with Gasteiger partial charge in [0.25, 0.3) is 5.91 Å². The lowest BCUT2D eigenvalue weighted by Crippen LogP contribution is -2.49. The van der Waals surface area contributed by atoms with Crippen LogP contribution in [0.25, 0.3) is 0 Å². The Kier molecular flexibility index (Phi) is 12.2. The van der Waals surface area contributed by atoms with E-state index < -0.39 is 29.5 Å². The number of carbonyl (C=O) groups is 3. The smallest absolute Gasteiger partial charge is 0.419 e. The number of urea groups is 1. The summed E-state index contributed by atoms with van der Waals surface area (Å²) in [6.45, 7) is 7.74. The number of para-hydroxylation sites is 1. The number of aromatic nitrogens is 1. The second kappa shape index (κ2) is 17.1.